The fraction of sp³-hybridized carbons (Fsp3) is 0.368. The van der Waals surface area contributed by atoms with Crippen molar-refractivity contribution in [1.29, 1.82) is 0 Å². The first-order valence-corrected chi connectivity index (χ1v) is 8.48. The Kier molecular flexibility index (Phi) is 10.5. The first kappa shape index (κ1) is 22.0. The van der Waals surface area contributed by atoms with Gasteiger partial charge < -0.3 is 15.4 Å². The number of aromatic nitrogens is 2. The van der Waals surface area contributed by atoms with Crippen LogP contribution < -0.4 is 15.4 Å². The van der Waals surface area contributed by atoms with Gasteiger partial charge in [-0.15, -0.1) is 24.0 Å². The zero-order valence-electron chi connectivity index (χ0n) is 15.4. The second-order valence-corrected chi connectivity index (χ2v) is 5.69. The average molecular weight is 469 g/mol. The first-order valence-electron chi connectivity index (χ1n) is 8.48. The molecule has 0 bridgehead atoms. The third-order valence-electron chi connectivity index (χ3n) is 3.62. The molecule has 26 heavy (non-hydrogen) atoms. The molecule has 1 aromatic carbocycles. The first-order chi connectivity index (χ1) is 12.2. The van der Waals surface area contributed by atoms with Crippen LogP contribution in [0.3, 0.4) is 0 Å². The van der Waals surface area contributed by atoms with Crippen LogP contribution in [0.1, 0.15) is 17.5 Å². The van der Waals surface area contributed by atoms with Crippen molar-refractivity contribution in [3.8, 4) is 5.75 Å². The van der Waals surface area contributed by atoms with E-state index >= 15 is 0 Å². The lowest BCUT2D eigenvalue weighted by Crippen LogP contribution is -2.37. The van der Waals surface area contributed by atoms with Crippen molar-refractivity contribution >= 4 is 29.9 Å². The molecule has 0 unspecified atom stereocenters. The number of halogens is 1. The lowest BCUT2D eigenvalue weighted by atomic mass is 10.2. The van der Waals surface area contributed by atoms with E-state index in [1.807, 2.05) is 48.3 Å². The van der Waals surface area contributed by atoms with Gasteiger partial charge in [0.05, 0.1) is 6.20 Å². The third-order valence-corrected chi connectivity index (χ3v) is 3.62. The Labute approximate surface area is 172 Å². The number of nitrogens with one attached hydrogen (secondary N) is 2. The second kappa shape index (κ2) is 12.3. The van der Waals surface area contributed by atoms with Crippen molar-refractivity contribution in [2.45, 2.75) is 26.4 Å². The number of ether oxygens (including phenoxy) is 1. The molecular formula is C19H28IN5O. The Hall–Kier alpha value is -2.03. The lowest BCUT2D eigenvalue weighted by molar-refractivity contribution is 0.358. The van der Waals surface area contributed by atoms with Crippen molar-refractivity contribution in [3.05, 3.63) is 60.4 Å². The van der Waals surface area contributed by atoms with E-state index in [9.17, 15) is 0 Å². The van der Waals surface area contributed by atoms with Crippen LogP contribution in [0.25, 0.3) is 0 Å². The van der Waals surface area contributed by atoms with Gasteiger partial charge in [-0.2, -0.15) is 5.10 Å². The van der Waals surface area contributed by atoms with E-state index < -0.39 is 0 Å². The molecule has 0 atom stereocenters. The Morgan fingerprint density at radius 2 is 2.15 bits per heavy atom. The molecule has 7 heteroatoms. The Bertz CT molecular complexity index is 699. The van der Waals surface area contributed by atoms with Crippen LogP contribution >= 0.6 is 24.0 Å². The Morgan fingerprint density at radius 1 is 1.35 bits per heavy atom. The van der Waals surface area contributed by atoms with Crippen molar-refractivity contribution in [2.24, 2.45) is 4.99 Å². The molecular weight excluding hydrogens is 441 g/mol. The number of aryl methyl sites for hydroxylation is 2. The normalized spacial score (nSPS) is 10.8. The van der Waals surface area contributed by atoms with E-state index in [0.717, 1.165) is 36.8 Å². The minimum atomic E-state index is 0. The zero-order chi connectivity index (χ0) is 17.9. The van der Waals surface area contributed by atoms with Gasteiger partial charge in [-0.3, -0.25) is 9.67 Å². The maximum absolute atomic E-state index is 5.67. The van der Waals surface area contributed by atoms with Gasteiger partial charge in [0.1, 0.15) is 12.4 Å². The maximum Gasteiger partial charge on any atom is 0.191 e. The topological polar surface area (TPSA) is 63.5 Å². The maximum atomic E-state index is 5.67. The molecule has 1 heterocycles. The molecule has 0 aliphatic heterocycles. The SMILES string of the molecule is C=CCOc1ccccc1CNC(=NC)NCCCn1cc(C)cn1.I. The highest BCUT2D eigenvalue weighted by atomic mass is 127. The van der Waals surface area contributed by atoms with Crippen molar-refractivity contribution in [1.82, 2.24) is 20.4 Å². The highest BCUT2D eigenvalue weighted by Crippen LogP contribution is 2.17. The van der Waals surface area contributed by atoms with Crippen LogP contribution in [0.5, 0.6) is 5.75 Å². The molecule has 0 saturated carbocycles. The molecule has 1 aromatic heterocycles. The Balaban J connectivity index is 0.00000338. The van der Waals surface area contributed by atoms with Gasteiger partial charge in [-0.25, -0.2) is 0 Å². The summed E-state index contributed by atoms with van der Waals surface area (Å²) in [6.45, 7) is 8.58. The van der Waals surface area contributed by atoms with Gasteiger partial charge in [-0.05, 0) is 25.0 Å². The summed E-state index contributed by atoms with van der Waals surface area (Å²) >= 11 is 0. The number of para-hydroxylation sites is 1. The summed E-state index contributed by atoms with van der Waals surface area (Å²) in [4.78, 5) is 4.26. The molecule has 0 aliphatic rings. The summed E-state index contributed by atoms with van der Waals surface area (Å²) in [5.41, 5.74) is 2.27. The summed E-state index contributed by atoms with van der Waals surface area (Å²) in [6, 6.07) is 7.97. The largest absolute Gasteiger partial charge is 0.489 e. The minimum absolute atomic E-state index is 0. The fourth-order valence-corrected chi connectivity index (χ4v) is 2.38. The number of hydrogen-bond acceptors (Lipinski definition) is 3. The predicted molar refractivity (Wildman–Crippen MR) is 117 cm³/mol. The van der Waals surface area contributed by atoms with Crippen molar-refractivity contribution in [3.63, 3.8) is 0 Å². The molecule has 6 nitrogen and oxygen atoms in total. The summed E-state index contributed by atoms with van der Waals surface area (Å²) in [5, 5.41) is 10.9. The summed E-state index contributed by atoms with van der Waals surface area (Å²) in [5.74, 6) is 1.63. The van der Waals surface area contributed by atoms with E-state index in [1.165, 1.54) is 5.56 Å². The van der Waals surface area contributed by atoms with Crippen molar-refractivity contribution in [2.75, 3.05) is 20.2 Å². The fourth-order valence-electron chi connectivity index (χ4n) is 2.38. The highest BCUT2D eigenvalue weighted by Gasteiger charge is 2.04. The van der Waals surface area contributed by atoms with E-state index in [2.05, 4.69) is 27.3 Å². The second-order valence-electron chi connectivity index (χ2n) is 5.69. The number of guanidine groups is 1. The third kappa shape index (κ3) is 7.47. The smallest absolute Gasteiger partial charge is 0.191 e. The van der Waals surface area contributed by atoms with Crippen LogP contribution in [0, 0.1) is 6.92 Å². The monoisotopic (exact) mass is 469 g/mol. The molecule has 0 fully saturated rings. The van der Waals surface area contributed by atoms with Gasteiger partial charge in [-0.1, -0.05) is 30.9 Å². The molecule has 0 radical (unpaired) electrons. The Morgan fingerprint density at radius 3 is 2.85 bits per heavy atom. The number of rotatable bonds is 9. The van der Waals surface area contributed by atoms with E-state index in [1.54, 1.807) is 13.1 Å². The predicted octanol–water partition coefficient (Wildman–Crippen LogP) is 3.13. The van der Waals surface area contributed by atoms with Gasteiger partial charge in [0.25, 0.3) is 0 Å². The van der Waals surface area contributed by atoms with Crippen LogP contribution in [-0.4, -0.2) is 35.9 Å². The van der Waals surface area contributed by atoms with Crippen LogP contribution in [0.15, 0.2) is 54.3 Å². The van der Waals surface area contributed by atoms with Gasteiger partial charge in [0.15, 0.2) is 5.96 Å². The molecule has 0 aliphatic carbocycles. The molecule has 142 valence electrons. The number of hydrogen-bond donors (Lipinski definition) is 2. The van der Waals surface area contributed by atoms with Crippen LogP contribution in [-0.2, 0) is 13.1 Å². The van der Waals surface area contributed by atoms with E-state index in [0.29, 0.717) is 13.2 Å². The lowest BCUT2D eigenvalue weighted by Gasteiger charge is -2.14. The zero-order valence-corrected chi connectivity index (χ0v) is 17.8. The number of nitrogens with zero attached hydrogens (tertiary/aromatic N) is 3. The van der Waals surface area contributed by atoms with E-state index in [-0.39, 0.29) is 24.0 Å². The standard InChI is InChI=1S/C19H27N5O.HI/c1-4-12-25-18-9-6-5-8-17(18)14-22-19(20-3)21-10-7-11-24-15-16(2)13-23-24;/h4-6,8-9,13,15H,1,7,10-12,14H2,2-3H3,(H2,20,21,22);1H. The molecule has 2 aromatic rings. The van der Waals surface area contributed by atoms with Crippen LogP contribution in [0.4, 0.5) is 0 Å². The van der Waals surface area contributed by atoms with Crippen molar-refractivity contribution < 1.29 is 4.74 Å². The minimum Gasteiger partial charge on any atom is -0.489 e. The van der Waals surface area contributed by atoms with Gasteiger partial charge >= 0.3 is 0 Å². The average Bonchev–Trinajstić information content (AvgIpc) is 3.05. The van der Waals surface area contributed by atoms with E-state index in [4.69, 9.17) is 4.74 Å². The quantitative estimate of drug-likeness (QED) is 0.195. The van der Waals surface area contributed by atoms with Crippen LogP contribution in [0.2, 0.25) is 0 Å². The molecule has 0 amide bonds. The molecule has 0 spiro atoms. The summed E-state index contributed by atoms with van der Waals surface area (Å²) < 4.78 is 7.63. The number of aliphatic imine (C=N–C) groups is 1. The highest BCUT2D eigenvalue weighted by molar-refractivity contribution is 14.0. The molecule has 0 saturated heterocycles. The number of benzene rings is 1. The summed E-state index contributed by atoms with van der Waals surface area (Å²) in [7, 11) is 1.77. The molecule has 2 rings (SSSR count). The summed E-state index contributed by atoms with van der Waals surface area (Å²) in [6.07, 6.45) is 6.64. The van der Waals surface area contributed by atoms with Gasteiger partial charge in [0, 0.05) is 38.4 Å². The molecule has 2 N–H and O–H groups in total. The van der Waals surface area contributed by atoms with Gasteiger partial charge in [0.2, 0.25) is 0 Å².